The van der Waals surface area contributed by atoms with Crippen LogP contribution < -0.4 is 5.32 Å². The maximum absolute atomic E-state index is 10.6. The smallest absolute Gasteiger partial charge is 0.274 e. The van der Waals surface area contributed by atoms with Crippen LogP contribution in [0.5, 0.6) is 0 Å². The fraction of sp³-hybridized carbons (Fsp3) is 0.417. The Kier molecular flexibility index (Phi) is 5.10. The van der Waals surface area contributed by atoms with E-state index in [1.54, 1.807) is 24.3 Å². The van der Waals surface area contributed by atoms with Crippen LogP contribution in [0.1, 0.15) is 19.4 Å². The topological polar surface area (TPSA) is 71.3 Å². The minimum absolute atomic E-state index is 0.132. The largest absolute Gasteiger partial charge is 0.364 e. The molecule has 1 rings (SSSR count). The average Bonchev–Trinajstić information content (AvgIpc) is 2.28. The third-order valence-corrected chi connectivity index (χ3v) is 2.22. The van der Waals surface area contributed by atoms with Gasteiger partial charge < -0.3 is 10.2 Å². The van der Waals surface area contributed by atoms with E-state index in [1.807, 2.05) is 26.0 Å². The predicted molar refractivity (Wildman–Crippen MR) is 69.1 cm³/mol. The van der Waals surface area contributed by atoms with Crippen molar-refractivity contribution in [2.24, 2.45) is 0 Å². The maximum Gasteiger partial charge on any atom is 0.274 e. The van der Waals surface area contributed by atoms with E-state index in [-0.39, 0.29) is 6.04 Å². The Morgan fingerprint density at radius 1 is 1.67 bits per heavy atom. The SMILES string of the molecule is CC(C)N/C(=C\[N+](=O)[O-])N(C)Cc1cccnc1. The minimum atomic E-state index is -0.454. The van der Waals surface area contributed by atoms with Crippen LogP contribution in [0.4, 0.5) is 0 Å². The fourth-order valence-corrected chi connectivity index (χ4v) is 1.49. The number of pyridine rings is 1. The Bertz CT molecular complexity index is 417. The van der Waals surface area contributed by atoms with Crippen molar-refractivity contribution in [3.63, 3.8) is 0 Å². The van der Waals surface area contributed by atoms with Crippen molar-refractivity contribution < 1.29 is 4.92 Å². The maximum atomic E-state index is 10.6. The van der Waals surface area contributed by atoms with Gasteiger partial charge in [0.2, 0.25) is 0 Å². The minimum Gasteiger partial charge on any atom is -0.364 e. The summed E-state index contributed by atoms with van der Waals surface area (Å²) in [5, 5.41) is 13.7. The van der Waals surface area contributed by atoms with Crippen molar-refractivity contribution >= 4 is 0 Å². The van der Waals surface area contributed by atoms with Crippen LogP contribution in [0, 0.1) is 10.1 Å². The molecule has 0 saturated heterocycles. The van der Waals surface area contributed by atoms with Gasteiger partial charge >= 0.3 is 0 Å². The molecular formula is C12H18N4O2. The number of nitrogens with zero attached hydrogens (tertiary/aromatic N) is 3. The summed E-state index contributed by atoms with van der Waals surface area (Å²) in [6, 6.07) is 3.91. The van der Waals surface area contributed by atoms with Gasteiger partial charge in [-0.1, -0.05) is 6.07 Å². The molecular weight excluding hydrogens is 232 g/mol. The molecule has 1 heterocycles. The van der Waals surface area contributed by atoms with Crippen LogP contribution in [0.3, 0.4) is 0 Å². The van der Waals surface area contributed by atoms with Crippen LogP contribution in [-0.2, 0) is 6.54 Å². The van der Waals surface area contributed by atoms with Gasteiger partial charge in [0.1, 0.15) is 0 Å². The van der Waals surface area contributed by atoms with Crippen molar-refractivity contribution in [3.8, 4) is 0 Å². The van der Waals surface area contributed by atoms with E-state index in [1.165, 1.54) is 0 Å². The predicted octanol–water partition coefficient (Wildman–Crippen LogP) is 1.59. The summed E-state index contributed by atoms with van der Waals surface area (Å²) in [4.78, 5) is 16.0. The summed E-state index contributed by atoms with van der Waals surface area (Å²) in [6.45, 7) is 4.44. The molecule has 6 heteroatoms. The van der Waals surface area contributed by atoms with Gasteiger partial charge in [-0.05, 0) is 25.5 Å². The molecule has 1 aromatic rings. The first-order chi connectivity index (χ1) is 8.49. The monoisotopic (exact) mass is 250 g/mol. The van der Waals surface area contributed by atoms with E-state index >= 15 is 0 Å². The molecule has 18 heavy (non-hydrogen) atoms. The highest BCUT2D eigenvalue weighted by Crippen LogP contribution is 2.06. The van der Waals surface area contributed by atoms with Gasteiger partial charge in [-0.3, -0.25) is 15.1 Å². The van der Waals surface area contributed by atoms with Gasteiger partial charge in [0.05, 0.1) is 4.92 Å². The average molecular weight is 250 g/mol. The highest BCUT2D eigenvalue weighted by Gasteiger charge is 2.11. The number of hydrogen-bond donors (Lipinski definition) is 1. The second-order valence-corrected chi connectivity index (χ2v) is 4.32. The molecule has 6 nitrogen and oxygen atoms in total. The molecule has 0 saturated carbocycles. The van der Waals surface area contributed by atoms with Gasteiger partial charge in [-0.25, -0.2) is 0 Å². The third kappa shape index (κ3) is 4.82. The summed E-state index contributed by atoms with van der Waals surface area (Å²) >= 11 is 0. The molecule has 0 atom stereocenters. The molecule has 0 aliphatic heterocycles. The zero-order chi connectivity index (χ0) is 13.5. The number of nitro groups is 1. The van der Waals surface area contributed by atoms with Crippen LogP contribution in [0.25, 0.3) is 0 Å². The van der Waals surface area contributed by atoms with Crippen LogP contribution in [-0.4, -0.2) is 27.9 Å². The molecule has 0 fully saturated rings. The van der Waals surface area contributed by atoms with E-state index in [4.69, 9.17) is 0 Å². The number of aromatic nitrogens is 1. The van der Waals surface area contributed by atoms with Gasteiger partial charge in [0.15, 0.2) is 5.82 Å². The summed E-state index contributed by atoms with van der Waals surface area (Å²) in [6.07, 6.45) is 4.43. The van der Waals surface area contributed by atoms with E-state index in [2.05, 4.69) is 10.3 Å². The molecule has 0 aromatic carbocycles. The van der Waals surface area contributed by atoms with Crippen molar-refractivity contribution in [3.05, 3.63) is 52.2 Å². The molecule has 0 unspecified atom stereocenters. The molecule has 1 aromatic heterocycles. The Hall–Kier alpha value is -2.11. The van der Waals surface area contributed by atoms with E-state index < -0.39 is 4.92 Å². The fourth-order valence-electron chi connectivity index (χ4n) is 1.49. The molecule has 0 radical (unpaired) electrons. The van der Waals surface area contributed by atoms with Crippen molar-refractivity contribution in [1.82, 2.24) is 15.2 Å². The highest BCUT2D eigenvalue weighted by molar-refractivity contribution is 5.10. The molecule has 0 aliphatic rings. The lowest BCUT2D eigenvalue weighted by atomic mass is 10.2. The summed E-state index contributed by atoms with van der Waals surface area (Å²) in [5.41, 5.74) is 1.000. The van der Waals surface area contributed by atoms with Crippen LogP contribution in [0.15, 0.2) is 36.5 Å². The van der Waals surface area contributed by atoms with E-state index in [0.717, 1.165) is 11.8 Å². The Labute approximate surface area is 106 Å². The molecule has 0 spiro atoms. The van der Waals surface area contributed by atoms with Gasteiger partial charge in [-0.2, -0.15) is 0 Å². The standard InChI is InChI=1S/C12H18N4O2/c1-10(2)14-12(9-16(17)18)15(3)8-11-5-4-6-13-7-11/h4-7,9-10,14H,8H2,1-3H3/b12-9+. The number of rotatable bonds is 6. The first-order valence-corrected chi connectivity index (χ1v) is 5.71. The highest BCUT2D eigenvalue weighted by atomic mass is 16.6. The van der Waals surface area contributed by atoms with E-state index in [9.17, 15) is 10.1 Å². The normalized spacial score (nSPS) is 11.4. The first-order valence-electron chi connectivity index (χ1n) is 5.71. The van der Waals surface area contributed by atoms with Crippen LogP contribution >= 0.6 is 0 Å². The van der Waals surface area contributed by atoms with Crippen molar-refractivity contribution in [1.29, 1.82) is 0 Å². The number of hydrogen-bond acceptors (Lipinski definition) is 5. The Balaban J connectivity index is 2.76. The lowest BCUT2D eigenvalue weighted by molar-refractivity contribution is -0.404. The van der Waals surface area contributed by atoms with Gasteiger partial charge in [-0.15, -0.1) is 0 Å². The Morgan fingerprint density at radius 2 is 2.39 bits per heavy atom. The van der Waals surface area contributed by atoms with Crippen molar-refractivity contribution in [2.75, 3.05) is 7.05 Å². The third-order valence-electron chi connectivity index (χ3n) is 2.22. The van der Waals surface area contributed by atoms with Gasteiger partial charge in [0.25, 0.3) is 6.20 Å². The zero-order valence-corrected chi connectivity index (χ0v) is 10.8. The van der Waals surface area contributed by atoms with Gasteiger partial charge in [0, 0.05) is 32.0 Å². The first kappa shape index (κ1) is 14.0. The van der Waals surface area contributed by atoms with Crippen molar-refractivity contribution in [2.45, 2.75) is 26.4 Å². The summed E-state index contributed by atoms with van der Waals surface area (Å²) < 4.78 is 0. The Morgan fingerprint density at radius 3 is 2.89 bits per heavy atom. The van der Waals surface area contributed by atoms with Crippen LogP contribution in [0.2, 0.25) is 0 Å². The molecule has 0 amide bonds. The lowest BCUT2D eigenvalue weighted by Crippen LogP contribution is -2.33. The quantitative estimate of drug-likeness (QED) is 0.613. The number of nitrogens with one attached hydrogen (secondary N) is 1. The molecule has 0 bridgehead atoms. The zero-order valence-electron chi connectivity index (χ0n) is 10.8. The molecule has 0 aliphatic carbocycles. The lowest BCUT2D eigenvalue weighted by Gasteiger charge is -2.23. The second-order valence-electron chi connectivity index (χ2n) is 4.32. The second kappa shape index (κ2) is 6.58. The molecule has 1 N–H and O–H groups in total. The van der Waals surface area contributed by atoms with E-state index in [0.29, 0.717) is 12.4 Å². The summed E-state index contributed by atoms with van der Waals surface area (Å²) in [7, 11) is 1.80. The molecule has 98 valence electrons. The summed E-state index contributed by atoms with van der Waals surface area (Å²) in [5.74, 6) is 0.485.